The van der Waals surface area contributed by atoms with Gasteiger partial charge in [0.1, 0.15) is 5.78 Å². The zero-order chi connectivity index (χ0) is 12.8. The van der Waals surface area contributed by atoms with E-state index in [4.69, 9.17) is 0 Å². The maximum atomic E-state index is 11.5. The Balaban J connectivity index is 3.05. The Kier molecular flexibility index (Phi) is 5.85. The van der Waals surface area contributed by atoms with Crippen LogP contribution >= 0.6 is 31.9 Å². The highest BCUT2D eigenvalue weighted by atomic mass is 79.9. The van der Waals surface area contributed by atoms with Gasteiger partial charge in [0.2, 0.25) is 0 Å². The van der Waals surface area contributed by atoms with Crippen molar-refractivity contribution in [3.63, 3.8) is 0 Å². The summed E-state index contributed by atoms with van der Waals surface area (Å²) in [6.07, 6.45) is 0.316. The third-order valence-corrected chi connectivity index (χ3v) is 3.45. The van der Waals surface area contributed by atoms with Crippen LogP contribution in [0.4, 0.5) is 0 Å². The number of alkyl halides is 2. The first-order valence-electron chi connectivity index (χ1n) is 4.95. The highest BCUT2D eigenvalue weighted by Crippen LogP contribution is 2.15. The van der Waals surface area contributed by atoms with Crippen LogP contribution in [0.5, 0.6) is 0 Å². The number of ketones is 1. The molecule has 0 radical (unpaired) electrons. The molecule has 0 unspecified atom stereocenters. The lowest BCUT2D eigenvalue weighted by Crippen LogP contribution is -2.07. The summed E-state index contributed by atoms with van der Waals surface area (Å²) in [5, 5.41) is 0.951. The molecular formula is C12H12Br2O3. The van der Waals surface area contributed by atoms with Gasteiger partial charge in [-0.05, 0) is 23.3 Å². The van der Waals surface area contributed by atoms with Crippen LogP contribution in [0.1, 0.15) is 21.5 Å². The van der Waals surface area contributed by atoms with E-state index in [9.17, 15) is 9.59 Å². The van der Waals surface area contributed by atoms with Gasteiger partial charge in [-0.25, -0.2) is 4.79 Å². The van der Waals surface area contributed by atoms with Crippen molar-refractivity contribution in [1.82, 2.24) is 0 Å². The van der Waals surface area contributed by atoms with Gasteiger partial charge >= 0.3 is 5.97 Å². The largest absolute Gasteiger partial charge is 0.465 e. The van der Waals surface area contributed by atoms with Gasteiger partial charge in [0.15, 0.2) is 0 Å². The summed E-state index contributed by atoms with van der Waals surface area (Å²) in [6.45, 7) is 0. The van der Waals surface area contributed by atoms with Crippen LogP contribution < -0.4 is 0 Å². The number of Topliss-reactive ketones (excluding diaryl/α,β-unsaturated/α-hetero) is 1. The Hall–Kier alpha value is -0.680. The number of methoxy groups -OCH3 is 1. The predicted octanol–water partition coefficient (Wildman–Crippen LogP) is 2.87. The average Bonchev–Trinajstić information content (AvgIpc) is 2.36. The summed E-state index contributed by atoms with van der Waals surface area (Å²) in [4.78, 5) is 22.8. The Bertz CT molecular complexity index is 430. The zero-order valence-corrected chi connectivity index (χ0v) is 12.5. The Labute approximate surface area is 117 Å². The number of halogens is 2. The number of carbonyl (C=O) groups is 2. The van der Waals surface area contributed by atoms with Crippen molar-refractivity contribution in [3.8, 4) is 0 Å². The van der Waals surface area contributed by atoms with Crippen molar-refractivity contribution in [2.75, 3.05) is 12.4 Å². The predicted molar refractivity (Wildman–Crippen MR) is 72.9 cm³/mol. The van der Waals surface area contributed by atoms with Gasteiger partial charge in [-0.3, -0.25) is 4.79 Å². The first-order valence-corrected chi connectivity index (χ1v) is 7.19. The van der Waals surface area contributed by atoms with E-state index in [0.717, 1.165) is 11.1 Å². The third-order valence-electron chi connectivity index (χ3n) is 2.18. The molecule has 0 atom stereocenters. The first-order chi connectivity index (χ1) is 8.10. The molecule has 0 N–H and O–H groups in total. The van der Waals surface area contributed by atoms with Gasteiger partial charge < -0.3 is 4.74 Å². The fourth-order valence-corrected chi connectivity index (χ4v) is 1.97. The van der Waals surface area contributed by atoms with Gasteiger partial charge in [-0.15, -0.1) is 0 Å². The van der Waals surface area contributed by atoms with E-state index in [-0.39, 0.29) is 11.8 Å². The SMILES string of the molecule is COC(=O)c1cc(CBr)cc(CC(=O)CBr)c1. The maximum absolute atomic E-state index is 11.5. The molecule has 0 aliphatic heterocycles. The molecule has 1 aromatic rings. The fourth-order valence-electron chi connectivity index (χ4n) is 1.45. The number of esters is 1. The normalized spacial score (nSPS) is 10.1. The second kappa shape index (κ2) is 6.91. The smallest absolute Gasteiger partial charge is 0.337 e. The molecule has 0 saturated heterocycles. The van der Waals surface area contributed by atoms with E-state index < -0.39 is 0 Å². The minimum Gasteiger partial charge on any atom is -0.465 e. The molecule has 0 aliphatic rings. The molecule has 0 aliphatic carbocycles. The summed E-state index contributed by atoms with van der Waals surface area (Å²) in [5.41, 5.74) is 2.25. The monoisotopic (exact) mass is 362 g/mol. The van der Waals surface area contributed by atoms with Gasteiger partial charge in [0.05, 0.1) is 18.0 Å². The second-order valence-corrected chi connectivity index (χ2v) is 4.63. The lowest BCUT2D eigenvalue weighted by Gasteiger charge is -2.06. The molecule has 1 rings (SSSR count). The van der Waals surface area contributed by atoms with Crippen LogP contribution in [0.3, 0.4) is 0 Å². The van der Waals surface area contributed by atoms with E-state index in [1.54, 1.807) is 12.1 Å². The summed E-state index contributed by atoms with van der Waals surface area (Å²) in [7, 11) is 1.34. The molecule has 0 fully saturated rings. The highest BCUT2D eigenvalue weighted by Gasteiger charge is 2.10. The van der Waals surface area contributed by atoms with Gasteiger partial charge in [0, 0.05) is 11.8 Å². The van der Waals surface area contributed by atoms with Crippen molar-refractivity contribution in [1.29, 1.82) is 0 Å². The van der Waals surface area contributed by atoms with Crippen molar-refractivity contribution in [2.45, 2.75) is 11.8 Å². The molecule has 92 valence electrons. The van der Waals surface area contributed by atoms with Gasteiger partial charge in [-0.1, -0.05) is 37.9 Å². The van der Waals surface area contributed by atoms with E-state index >= 15 is 0 Å². The van der Waals surface area contributed by atoms with Crippen LogP contribution in [0.25, 0.3) is 0 Å². The lowest BCUT2D eigenvalue weighted by molar-refractivity contribution is -0.115. The standard InChI is InChI=1S/C12H12Br2O3/c1-17-12(16)10-3-8(5-11(15)7-14)2-9(4-10)6-13/h2-4H,5-7H2,1H3. The minimum absolute atomic E-state index is 0.0764. The average molecular weight is 364 g/mol. The maximum Gasteiger partial charge on any atom is 0.337 e. The van der Waals surface area contributed by atoms with E-state index in [2.05, 4.69) is 36.6 Å². The Morgan fingerprint density at radius 2 is 1.82 bits per heavy atom. The molecule has 0 spiro atoms. The molecule has 0 heterocycles. The zero-order valence-electron chi connectivity index (χ0n) is 9.33. The molecule has 1 aromatic carbocycles. The minimum atomic E-state index is -0.389. The van der Waals surface area contributed by atoms with Gasteiger partial charge in [-0.2, -0.15) is 0 Å². The molecule has 0 aromatic heterocycles. The lowest BCUT2D eigenvalue weighted by atomic mass is 10.0. The summed E-state index contributed by atoms with van der Waals surface area (Å²) < 4.78 is 4.67. The van der Waals surface area contributed by atoms with Gasteiger partial charge in [0.25, 0.3) is 0 Å². The molecule has 0 saturated carbocycles. The van der Waals surface area contributed by atoms with Crippen LogP contribution in [-0.2, 0) is 21.3 Å². The van der Waals surface area contributed by atoms with Crippen LogP contribution in [0.2, 0.25) is 0 Å². The van der Waals surface area contributed by atoms with E-state index in [1.165, 1.54) is 7.11 Å². The Morgan fingerprint density at radius 1 is 1.18 bits per heavy atom. The van der Waals surface area contributed by atoms with Crippen molar-refractivity contribution in [3.05, 3.63) is 34.9 Å². The molecule has 17 heavy (non-hydrogen) atoms. The van der Waals surface area contributed by atoms with Crippen LogP contribution in [0, 0.1) is 0 Å². The summed E-state index contributed by atoms with van der Waals surface area (Å²) in [5.74, 6) is -0.312. The molecule has 0 amide bonds. The van der Waals surface area contributed by atoms with Crippen molar-refractivity contribution >= 4 is 43.6 Å². The quantitative estimate of drug-likeness (QED) is 0.596. The van der Waals surface area contributed by atoms with E-state index in [0.29, 0.717) is 22.6 Å². The van der Waals surface area contributed by atoms with Crippen LogP contribution in [0.15, 0.2) is 18.2 Å². The summed E-state index contributed by atoms with van der Waals surface area (Å²) in [6, 6.07) is 5.35. The highest BCUT2D eigenvalue weighted by molar-refractivity contribution is 9.09. The number of rotatable bonds is 5. The number of ether oxygens (including phenoxy) is 1. The van der Waals surface area contributed by atoms with Crippen molar-refractivity contribution in [2.24, 2.45) is 0 Å². The number of carbonyl (C=O) groups excluding carboxylic acids is 2. The molecule has 5 heteroatoms. The summed E-state index contributed by atoms with van der Waals surface area (Å²) >= 11 is 6.45. The fraction of sp³-hybridized carbons (Fsp3) is 0.333. The first kappa shape index (κ1) is 14.4. The molecule has 3 nitrogen and oxygen atoms in total. The van der Waals surface area contributed by atoms with E-state index in [1.807, 2.05) is 6.07 Å². The second-order valence-electron chi connectivity index (χ2n) is 3.51. The number of benzene rings is 1. The number of hydrogen-bond acceptors (Lipinski definition) is 3. The molecular weight excluding hydrogens is 352 g/mol. The van der Waals surface area contributed by atoms with Crippen molar-refractivity contribution < 1.29 is 14.3 Å². The topological polar surface area (TPSA) is 43.4 Å². The number of hydrogen-bond donors (Lipinski definition) is 0. The molecule has 0 bridgehead atoms. The Morgan fingerprint density at radius 3 is 2.35 bits per heavy atom. The third kappa shape index (κ3) is 4.24. The van der Waals surface area contributed by atoms with Crippen LogP contribution in [-0.4, -0.2) is 24.2 Å².